The number of benzene rings is 2. The molecule has 0 aliphatic carbocycles. The molecule has 1 aliphatic heterocycles. The number of carbonyl (C=O) groups excluding carboxylic acids is 2. The SMILES string of the molecule is CC(C)[C@H](NS(=O)(=O)c1ccc2c(c1)OCCO2)C(=O)OCC(=O)Nc1cccc(I)c1. The minimum atomic E-state index is -4.06. The Kier molecular flexibility index (Phi) is 7.96. The number of hydrogen-bond acceptors (Lipinski definition) is 7. The number of rotatable bonds is 8. The van der Waals surface area contributed by atoms with Crippen molar-refractivity contribution in [3.63, 3.8) is 0 Å². The maximum absolute atomic E-state index is 12.9. The monoisotopic (exact) mass is 574 g/mol. The van der Waals surface area contributed by atoms with Crippen LogP contribution in [0.15, 0.2) is 47.4 Å². The molecule has 0 aromatic heterocycles. The highest BCUT2D eigenvalue weighted by atomic mass is 127. The van der Waals surface area contributed by atoms with Gasteiger partial charge in [-0.25, -0.2) is 8.42 Å². The molecule has 172 valence electrons. The molecule has 2 N–H and O–H groups in total. The van der Waals surface area contributed by atoms with Crippen molar-refractivity contribution in [2.24, 2.45) is 5.92 Å². The fourth-order valence-corrected chi connectivity index (χ4v) is 4.76. The largest absolute Gasteiger partial charge is 0.486 e. The maximum Gasteiger partial charge on any atom is 0.324 e. The summed E-state index contributed by atoms with van der Waals surface area (Å²) in [5, 5.41) is 2.62. The third-order valence-electron chi connectivity index (χ3n) is 4.48. The van der Waals surface area contributed by atoms with Gasteiger partial charge in [0.15, 0.2) is 18.1 Å². The summed E-state index contributed by atoms with van der Waals surface area (Å²) in [5.74, 6) is -1.03. The van der Waals surface area contributed by atoms with Crippen molar-refractivity contribution in [2.45, 2.75) is 24.8 Å². The van der Waals surface area contributed by atoms with Crippen LogP contribution in [0.25, 0.3) is 0 Å². The third kappa shape index (κ3) is 6.33. The average Bonchev–Trinajstić information content (AvgIpc) is 2.75. The number of ether oxygens (including phenoxy) is 3. The summed E-state index contributed by atoms with van der Waals surface area (Å²) in [5.41, 5.74) is 0.567. The molecule has 0 radical (unpaired) electrons. The normalized spacial score (nSPS) is 14.0. The summed E-state index contributed by atoms with van der Waals surface area (Å²) < 4.78 is 44.9. The molecular weight excluding hydrogens is 551 g/mol. The van der Waals surface area contributed by atoms with Crippen molar-refractivity contribution >= 4 is 50.2 Å². The van der Waals surface area contributed by atoms with Crippen molar-refractivity contribution in [1.82, 2.24) is 4.72 Å². The van der Waals surface area contributed by atoms with Gasteiger partial charge in [0.05, 0.1) is 4.90 Å². The number of hydrogen-bond donors (Lipinski definition) is 2. The molecule has 3 rings (SSSR count). The minimum absolute atomic E-state index is 0.0726. The first kappa shape index (κ1) is 24.3. The van der Waals surface area contributed by atoms with Crippen LogP contribution in [0.4, 0.5) is 5.69 Å². The van der Waals surface area contributed by atoms with E-state index in [9.17, 15) is 18.0 Å². The Hall–Kier alpha value is -2.38. The molecule has 1 heterocycles. The van der Waals surface area contributed by atoms with Crippen LogP contribution in [-0.4, -0.2) is 46.2 Å². The molecule has 0 saturated heterocycles. The lowest BCUT2D eigenvalue weighted by molar-refractivity contribution is -0.150. The molecule has 32 heavy (non-hydrogen) atoms. The fourth-order valence-electron chi connectivity index (χ4n) is 2.87. The summed E-state index contributed by atoms with van der Waals surface area (Å²) in [6.45, 7) is 3.50. The van der Waals surface area contributed by atoms with Gasteiger partial charge in [0.1, 0.15) is 19.3 Å². The van der Waals surface area contributed by atoms with Gasteiger partial charge in [0.2, 0.25) is 10.0 Å². The molecular formula is C21H23IN2O7S. The zero-order valence-electron chi connectivity index (χ0n) is 17.5. The van der Waals surface area contributed by atoms with Gasteiger partial charge in [-0.15, -0.1) is 0 Å². The van der Waals surface area contributed by atoms with E-state index in [0.717, 1.165) is 3.57 Å². The predicted molar refractivity (Wildman–Crippen MR) is 125 cm³/mol. The molecule has 0 bridgehead atoms. The first-order valence-electron chi connectivity index (χ1n) is 9.80. The van der Waals surface area contributed by atoms with Gasteiger partial charge in [-0.3, -0.25) is 9.59 Å². The molecule has 0 unspecified atom stereocenters. The van der Waals surface area contributed by atoms with Crippen molar-refractivity contribution in [2.75, 3.05) is 25.1 Å². The summed E-state index contributed by atoms with van der Waals surface area (Å²) in [6, 6.07) is 10.2. The van der Waals surface area contributed by atoms with Crippen molar-refractivity contribution in [3.8, 4) is 11.5 Å². The van der Waals surface area contributed by atoms with Crippen LogP contribution in [0.2, 0.25) is 0 Å². The number of esters is 1. The number of sulfonamides is 1. The van der Waals surface area contributed by atoms with Gasteiger partial charge in [0.25, 0.3) is 5.91 Å². The molecule has 11 heteroatoms. The van der Waals surface area contributed by atoms with E-state index in [-0.39, 0.29) is 4.90 Å². The molecule has 1 aliphatic rings. The highest BCUT2D eigenvalue weighted by Crippen LogP contribution is 2.32. The molecule has 0 spiro atoms. The highest BCUT2D eigenvalue weighted by molar-refractivity contribution is 14.1. The second kappa shape index (κ2) is 10.5. The van der Waals surface area contributed by atoms with Crippen LogP contribution in [0.1, 0.15) is 13.8 Å². The second-order valence-electron chi connectivity index (χ2n) is 7.31. The quantitative estimate of drug-likeness (QED) is 0.368. The molecule has 9 nitrogen and oxygen atoms in total. The molecule has 2 aromatic rings. The van der Waals surface area contributed by atoms with E-state index in [0.29, 0.717) is 30.4 Å². The maximum atomic E-state index is 12.9. The van der Waals surface area contributed by atoms with Crippen molar-refractivity contribution in [1.29, 1.82) is 0 Å². The van der Waals surface area contributed by atoms with Crippen molar-refractivity contribution < 1.29 is 32.2 Å². The Morgan fingerprint density at radius 3 is 2.50 bits per heavy atom. The van der Waals surface area contributed by atoms with Crippen LogP contribution in [0, 0.1) is 9.49 Å². The topological polar surface area (TPSA) is 120 Å². The van der Waals surface area contributed by atoms with E-state index in [1.807, 2.05) is 6.07 Å². The van der Waals surface area contributed by atoms with Gasteiger partial charge in [-0.1, -0.05) is 19.9 Å². The van der Waals surface area contributed by atoms with Crippen LogP contribution < -0.4 is 19.5 Å². The van der Waals surface area contributed by atoms with Gasteiger partial charge < -0.3 is 19.5 Å². The molecule has 0 fully saturated rings. The third-order valence-corrected chi connectivity index (χ3v) is 6.59. The number of amides is 1. The van der Waals surface area contributed by atoms with Crippen LogP contribution in [0.3, 0.4) is 0 Å². The van der Waals surface area contributed by atoms with E-state index >= 15 is 0 Å². The first-order valence-corrected chi connectivity index (χ1v) is 12.4. The van der Waals surface area contributed by atoms with Crippen LogP contribution in [0.5, 0.6) is 11.5 Å². The lowest BCUT2D eigenvalue weighted by Gasteiger charge is -2.22. The minimum Gasteiger partial charge on any atom is -0.486 e. The number of carbonyl (C=O) groups is 2. The van der Waals surface area contributed by atoms with Gasteiger partial charge >= 0.3 is 5.97 Å². The highest BCUT2D eigenvalue weighted by Gasteiger charge is 2.31. The predicted octanol–water partition coefficient (Wildman–Crippen LogP) is 2.55. The van der Waals surface area contributed by atoms with Gasteiger partial charge in [-0.05, 0) is 58.8 Å². The number of nitrogens with one attached hydrogen (secondary N) is 2. The number of anilines is 1. The van der Waals surface area contributed by atoms with E-state index in [1.165, 1.54) is 18.2 Å². The Morgan fingerprint density at radius 1 is 1.09 bits per heavy atom. The number of halogens is 1. The van der Waals surface area contributed by atoms with E-state index in [2.05, 4.69) is 32.6 Å². The summed E-state index contributed by atoms with van der Waals surface area (Å²) in [6.07, 6.45) is 0. The molecule has 0 saturated carbocycles. The lowest BCUT2D eigenvalue weighted by Crippen LogP contribution is -2.45. The summed E-state index contributed by atoms with van der Waals surface area (Å²) in [4.78, 5) is 24.6. The smallest absolute Gasteiger partial charge is 0.324 e. The standard InChI is InChI=1S/C21H23IN2O7S/c1-13(2)20(21(26)31-12-19(25)23-15-5-3-4-14(22)10-15)24-32(27,28)16-6-7-17-18(11-16)30-9-8-29-17/h3-7,10-11,13,20,24H,8-9,12H2,1-2H3,(H,23,25)/t20-/m0/s1. The van der Waals surface area contributed by atoms with E-state index < -0.39 is 40.5 Å². The summed E-state index contributed by atoms with van der Waals surface area (Å²) >= 11 is 2.11. The second-order valence-corrected chi connectivity index (χ2v) is 10.3. The van der Waals surface area contributed by atoms with Crippen LogP contribution in [-0.2, 0) is 24.3 Å². The Labute approximate surface area is 200 Å². The lowest BCUT2D eigenvalue weighted by atomic mass is 10.1. The summed E-state index contributed by atoms with van der Waals surface area (Å²) in [7, 11) is -4.06. The van der Waals surface area contributed by atoms with E-state index in [4.69, 9.17) is 14.2 Å². The van der Waals surface area contributed by atoms with Crippen LogP contribution >= 0.6 is 22.6 Å². The van der Waals surface area contributed by atoms with Gasteiger partial charge in [0, 0.05) is 15.3 Å². The zero-order chi connectivity index (χ0) is 23.3. The molecule has 1 atom stereocenters. The van der Waals surface area contributed by atoms with E-state index in [1.54, 1.807) is 32.0 Å². The Balaban J connectivity index is 1.64. The Morgan fingerprint density at radius 2 is 1.81 bits per heavy atom. The fraction of sp³-hybridized carbons (Fsp3) is 0.333. The zero-order valence-corrected chi connectivity index (χ0v) is 20.4. The van der Waals surface area contributed by atoms with Gasteiger partial charge in [-0.2, -0.15) is 4.72 Å². The first-order chi connectivity index (χ1) is 15.2. The number of fused-ring (bicyclic) bond motifs is 1. The average molecular weight is 574 g/mol. The molecule has 1 amide bonds. The van der Waals surface area contributed by atoms with Crippen molar-refractivity contribution in [3.05, 3.63) is 46.0 Å². The Bertz CT molecular complexity index is 1110. The molecule has 2 aromatic carbocycles.